The lowest BCUT2D eigenvalue weighted by Gasteiger charge is -2.18. The van der Waals surface area contributed by atoms with Gasteiger partial charge in [-0.3, -0.25) is 19.7 Å². The Morgan fingerprint density at radius 2 is 1.48 bits per heavy atom. The van der Waals surface area contributed by atoms with Crippen LogP contribution in [0.1, 0.15) is 28.4 Å². The summed E-state index contributed by atoms with van der Waals surface area (Å²) in [6.45, 7) is 0. The van der Waals surface area contributed by atoms with Crippen LogP contribution in [0.4, 0.5) is 5.69 Å². The number of hydrogen-bond donors (Lipinski definition) is 1. The molecule has 1 atom stereocenters. The molecule has 0 aliphatic heterocycles. The van der Waals surface area contributed by atoms with Crippen LogP contribution >= 0.6 is 0 Å². The van der Waals surface area contributed by atoms with Gasteiger partial charge in [0.05, 0.1) is 17.4 Å². The molecule has 0 aliphatic rings. The van der Waals surface area contributed by atoms with Gasteiger partial charge in [-0.1, -0.05) is 48.5 Å². The van der Waals surface area contributed by atoms with E-state index in [9.17, 15) is 19.7 Å². The van der Waals surface area contributed by atoms with E-state index in [1.54, 1.807) is 24.3 Å². The van der Waals surface area contributed by atoms with Gasteiger partial charge in [-0.15, -0.1) is 0 Å². The second-order valence-electron chi connectivity index (χ2n) is 6.23. The topological polar surface area (TPSA) is 98.5 Å². The molecule has 0 saturated heterocycles. The number of esters is 1. The van der Waals surface area contributed by atoms with E-state index in [0.717, 1.165) is 5.56 Å². The minimum absolute atomic E-state index is 0.0953. The molecule has 3 aromatic carbocycles. The van der Waals surface area contributed by atoms with Crippen LogP contribution in [0.5, 0.6) is 5.75 Å². The second kappa shape index (κ2) is 9.27. The van der Waals surface area contributed by atoms with Gasteiger partial charge in [-0.25, -0.2) is 0 Å². The molecule has 0 fully saturated rings. The van der Waals surface area contributed by atoms with Crippen LogP contribution in [0.2, 0.25) is 0 Å². The van der Waals surface area contributed by atoms with E-state index in [0.29, 0.717) is 5.56 Å². The average Bonchev–Trinajstić information content (AvgIpc) is 2.75. The Morgan fingerprint density at radius 3 is 2.07 bits per heavy atom. The zero-order valence-corrected chi connectivity index (χ0v) is 15.4. The molecule has 1 unspecified atom stereocenters. The van der Waals surface area contributed by atoms with Crippen LogP contribution in [0, 0.1) is 10.1 Å². The van der Waals surface area contributed by atoms with Crippen molar-refractivity contribution in [1.82, 2.24) is 5.32 Å². The summed E-state index contributed by atoms with van der Waals surface area (Å²) >= 11 is 0. The summed E-state index contributed by atoms with van der Waals surface area (Å²) in [6, 6.07) is 22.5. The van der Waals surface area contributed by atoms with Crippen molar-refractivity contribution in [2.45, 2.75) is 12.5 Å². The molecule has 1 amide bonds. The molecule has 0 bridgehead atoms. The number of non-ortho nitro benzene ring substituents is 1. The van der Waals surface area contributed by atoms with Gasteiger partial charge < -0.3 is 10.1 Å². The molecule has 3 aromatic rings. The summed E-state index contributed by atoms with van der Waals surface area (Å²) in [5, 5.41) is 13.6. The standard InChI is InChI=1S/C22H18N2O5/c25-21(29-19-13-11-18(12-14-19)24(27)28)15-20(16-7-3-1-4-8-16)23-22(26)17-9-5-2-6-10-17/h1-14,20H,15H2,(H,23,26). The first-order valence-electron chi connectivity index (χ1n) is 8.89. The average molecular weight is 390 g/mol. The van der Waals surface area contributed by atoms with E-state index in [-0.39, 0.29) is 23.8 Å². The fourth-order valence-electron chi connectivity index (χ4n) is 2.74. The van der Waals surface area contributed by atoms with Crippen LogP contribution < -0.4 is 10.1 Å². The molecule has 0 aromatic heterocycles. The zero-order chi connectivity index (χ0) is 20.6. The number of rotatable bonds is 7. The van der Waals surface area contributed by atoms with Crippen LogP contribution in [-0.2, 0) is 4.79 Å². The minimum Gasteiger partial charge on any atom is -0.426 e. The molecule has 0 spiro atoms. The minimum atomic E-state index is -0.588. The predicted molar refractivity (Wildman–Crippen MR) is 106 cm³/mol. The van der Waals surface area contributed by atoms with Gasteiger partial charge in [-0.05, 0) is 29.8 Å². The van der Waals surface area contributed by atoms with Gasteiger partial charge in [0, 0.05) is 17.7 Å². The van der Waals surface area contributed by atoms with Crippen LogP contribution in [0.15, 0.2) is 84.9 Å². The molecule has 3 rings (SSSR count). The molecule has 0 radical (unpaired) electrons. The fourth-order valence-corrected chi connectivity index (χ4v) is 2.74. The largest absolute Gasteiger partial charge is 0.426 e. The van der Waals surface area contributed by atoms with Crippen molar-refractivity contribution in [3.63, 3.8) is 0 Å². The normalized spacial score (nSPS) is 11.3. The van der Waals surface area contributed by atoms with E-state index in [4.69, 9.17) is 4.74 Å². The van der Waals surface area contributed by atoms with Crippen molar-refractivity contribution in [3.8, 4) is 5.75 Å². The SMILES string of the molecule is O=C(CC(NC(=O)c1ccccc1)c1ccccc1)Oc1ccc([N+](=O)[O-])cc1. The quantitative estimate of drug-likeness (QED) is 0.284. The Bertz CT molecular complexity index is 989. The molecular formula is C22H18N2O5. The highest BCUT2D eigenvalue weighted by Crippen LogP contribution is 2.21. The lowest BCUT2D eigenvalue weighted by atomic mass is 10.0. The van der Waals surface area contributed by atoms with Crippen molar-refractivity contribution in [2.75, 3.05) is 0 Å². The number of amides is 1. The summed E-state index contributed by atoms with van der Waals surface area (Å²) in [6.07, 6.45) is -0.0976. The second-order valence-corrected chi connectivity index (χ2v) is 6.23. The zero-order valence-electron chi connectivity index (χ0n) is 15.4. The number of carbonyl (C=O) groups excluding carboxylic acids is 2. The number of nitro groups is 1. The third-order valence-corrected chi connectivity index (χ3v) is 4.19. The number of ether oxygens (including phenoxy) is 1. The highest BCUT2D eigenvalue weighted by molar-refractivity contribution is 5.94. The number of hydrogen-bond acceptors (Lipinski definition) is 5. The van der Waals surface area contributed by atoms with E-state index in [1.807, 2.05) is 36.4 Å². The van der Waals surface area contributed by atoms with E-state index in [2.05, 4.69) is 5.32 Å². The molecule has 7 heteroatoms. The Kier molecular flexibility index (Phi) is 6.32. The monoisotopic (exact) mass is 390 g/mol. The summed E-state index contributed by atoms with van der Waals surface area (Å²) in [5.74, 6) is -0.676. The Balaban J connectivity index is 1.71. The fraction of sp³-hybridized carbons (Fsp3) is 0.0909. The lowest BCUT2D eigenvalue weighted by Crippen LogP contribution is -2.31. The van der Waals surface area contributed by atoms with Crippen molar-refractivity contribution >= 4 is 17.6 Å². The van der Waals surface area contributed by atoms with Gasteiger partial charge in [0.25, 0.3) is 11.6 Å². The molecule has 146 valence electrons. The molecule has 0 heterocycles. The first kappa shape index (κ1) is 19.8. The molecule has 1 N–H and O–H groups in total. The van der Waals surface area contributed by atoms with Crippen molar-refractivity contribution in [3.05, 3.63) is 106 Å². The molecule has 0 saturated carbocycles. The number of nitrogens with one attached hydrogen (secondary N) is 1. The molecular weight excluding hydrogens is 372 g/mol. The van der Waals surface area contributed by atoms with Crippen LogP contribution in [0.3, 0.4) is 0 Å². The summed E-state index contributed by atoms with van der Waals surface area (Å²) in [7, 11) is 0. The van der Waals surface area contributed by atoms with Gasteiger partial charge in [0.15, 0.2) is 0 Å². The molecule has 29 heavy (non-hydrogen) atoms. The van der Waals surface area contributed by atoms with Crippen molar-refractivity contribution in [2.24, 2.45) is 0 Å². The lowest BCUT2D eigenvalue weighted by molar-refractivity contribution is -0.384. The summed E-state index contributed by atoms with van der Waals surface area (Å²) in [5.41, 5.74) is 1.15. The van der Waals surface area contributed by atoms with E-state index >= 15 is 0 Å². The Hall–Kier alpha value is -4.00. The maximum absolute atomic E-state index is 12.5. The van der Waals surface area contributed by atoms with Gasteiger partial charge >= 0.3 is 5.97 Å². The van der Waals surface area contributed by atoms with Gasteiger partial charge in [0.1, 0.15) is 5.75 Å². The van der Waals surface area contributed by atoms with E-state index < -0.39 is 16.9 Å². The van der Waals surface area contributed by atoms with Crippen LogP contribution in [0.25, 0.3) is 0 Å². The van der Waals surface area contributed by atoms with Crippen LogP contribution in [-0.4, -0.2) is 16.8 Å². The number of nitro benzene ring substituents is 1. The number of nitrogens with zero attached hydrogens (tertiary/aromatic N) is 1. The highest BCUT2D eigenvalue weighted by Gasteiger charge is 2.20. The predicted octanol–water partition coefficient (Wildman–Crippen LogP) is 4.06. The van der Waals surface area contributed by atoms with Gasteiger partial charge in [0.2, 0.25) is 0 Å². The first-order valence-corrected chi connectivity index (χ1v) is 8.89. The van der Waals surface area contributed by atoms with Crippen molar-refractivity contribution in [1.29, 1.82) is 0 Å². The molecule has 7 nitrogen and oxygen atoms in total. The number of benzene rings is 3. The highest BCUT2D eigenvalue weighted by atomic mass is 16.6. The summed E-state index contributed by atoms with van der Waals surface area (Å²) in [4.78, 5) is 35.2. The maximum atomic E-state index is 12.5. The number of carbonyl (C=O) groups is 2. The smallest absolute Gasteiger partial charge is 0.313 e. The van der Waals surface area contributed by atoms with E-state index in [1.165, 1.54) is 24.3 Å². The van der Waals surface area contributed by atoms with Crippen molar-refractivity contribution < 1.29 is 19.2 Å². The third-order valence-electron chi connectivity index (χ3n) is 4.19. The van der Waals surface area contributed by atoms with Gasteiger partial charge in [-0.2, -0.15) is 0 Å². The third kappa shape index (κ3) is 5.49. The Labute approximate surface area is 167 Å². The Morgan fingerprint density at radius 1 is 0.897 bits per heavy atom. The molecule has 0 aliphatic carbocycles. The first-order chi connectivity index (χ1) is 14.0. The summed E-state index contributed by atoms with van der Waals surface area (Å²) < 4.78 is 5.28. The maximum Gasteiger partial charge on any atom is 0.313 e.